The first-order chi connectivity index (χ1) is 8.02. The Kier molecular flexibility index (Phi) is 6.71. The molecule has 4 heteroatoms. The Balaban J connectivity index is 2.44. The lowest BCUT2D eigenvalue weighted by atomic mass is 10.2. The van der Waals surface area contributed by atoms with Gasteiger partial charge in [-0.2, -0.15) is 0 Å². The van der Waals surface area contributed by atoms with Crippen molar-refractivity contribution in [2.75, 3.05) is 6.54 Å². The lowest BCUT2D eigenvalue weighted by molar-refractivity contribution is 0.537. The molecule has 2 unspecified atom stereocenters. The van der Waals surface area contributed by atoms with Gasteiger partial charge in [-0.1, -0.05) is 37.0 Å². The summed E-state index contributed by atoms with van der Waals surface area (Å²) in [5.74, 6) is 0. The monoisotopic (exact) mass is 291 g/mol. The number of benzene rings is 1. The van der Waals surface area contributed by atoms with E-state index in [0.29, 0.717) is 21.3 Å². The highest BCUT2D eigenvalue weighted by Gasteiger charge is 2.07. The first-order valence-electron chi connectivity index (χ1n) is 5.88. The zero-order chi connectivity index (χ0) is 12.8. The summed E-state index contributed by atoms with van der Waals surface area (Å²) in [6.07, 6.45) is 1.16. The predicted octanol–water partition coefficient (Wildman–Crippen LogP) is 4.86. The molecule has 0 aromatic heterocycles. The molecule has 0 saturated carbocycles. The maximum atomic E-state index is 5.99. The van der Waals surface area contributed by atoms with Crippen LogP contribution in [0.4, 0.5) is 0 Å². The van der Waals surface area contributed by atoms with Crippen LogP contribution in [0.1, 0.15) is 27.2 Å². The van der Waals surface area contributed by atoms with E-state index in [-0.39, 0.29) is 0 Å². The molecule has 0 fully saturated rings. The molecule has 1 rings (SSSR count). The van der Waals surface area contributed by atoms with Gasteiger partial charge in [-0.3, -0.25) is 0 Å². The van der Waals surface area contributed by atoms with E-state index in [1.165, 1.54) is 0 Å². The first kappa shape index (κ1) is 15.2. The molecule has 0 aliphatic carbocycles. The Hall–Kier alpha value is 0.110. The molecule has 1 N–H and O–H groups in total. The molecule has 96 valence electrons. The highest BCUT2D eigenvalue weighted by molar-refractivity contribution is 8.00. The van der Waals surface area contributed by atoms with Gasteiger partial charge in [0.25, 0.3) is 0 Å². The summed E-state index contributed by atoms with van der Waals surface area (Å²) in [5, 5.41) is 5.25. The molecular weight excluding hydrogens is 273 g/mol. The molecule has 0 heterocycles. The molecule has 0 aliphatic heterocycles. The fourth-order valence-electron chi connectivity index (χ4n) is 1.34. The summed E-state index contributed by atoms with van der Waals surface area (Å²) < 4.78 is 0. The molecule has 1 nitrogen and oxygen atoms in total. The van der Waals surface area contributed by atoms with Gasteiger partial charge in [0.1, 0.15) is 0 Å². The average molecular weight is 292 g/mol. The maximum absolute atomic E-state index is 5.99. The fourth-order valence-corrected chi connectivity index (χ4v) is 2.68. The van der Waals surface area contributed by atoms with E-state index in [9.17, 15) is 0 Å². The van der Waals surface area contributed by atoms with Crippen LogP contribution in [0, 0.1) is 0 Å². The zero-order valence-electron chi connectivity index (χ0n) is 10.5. The molecular formula is C13H19Cl2NS. The van der Waals surface area contributed by atoms with Gasteiger partial charge in [0.2, 0.25) is 0 Å². The lowest BCUT2D eigenvalue weighted by Crippen LogP contribution is -2.30. The largest absolute Gasteiger partial charge is 0.313 e. The fraction of sp³-hybridized carbons (Fsp3) is 0.538. The van der Waals surface area contributed by atoms with Crippen LogP contribution in [0.3, 0.4) is 0 Å². The third kappa shape index (κ3) is 5.52. The third-order valence-corrected chi connectivity index (χ3v) is 4.43. The van der Waals surface area contributed by atoms with E-state index >= 15 is 0 Å². The minimum absolute atomic E-state index is 0.515. The number of rotatable bonds is 6. The van der Waals surface area contributed by atoms with E-state index in [4.69, 9.17) is 23.2 Å². The predicted molar refractivity (Wildman–Crippen MR) is 79.5 cm³/mol. The summed E-state index contributed by atoms with van der Waals surface area (Å²) in [7, 11) is 0. The van der Waals surface area contributed by atoms with Gasteiger partial charge in [-0.05, 0) is 31.5 Å². The SMILES string of the molecule is CCC(C)NCC(C)Sc1ccc(Cl)c(Cl)c1. The molecule has 17 heavy (non-hydrogen) atoms. The van der Waals surface area contributed by atoms with Gasteiger partial charge >= 0.3 is 0 Å². The van der Waals surface area contributed by atoms with Gasteiger partial charge in [0.15, 0.2) is 0 Å². The van der Waals surface area contributed by atoms with E-state index in [0.717, 1.165) is 17.9 Å². The summed E-state index contributed by atoms with van der Waals surface area (Å²) >= 11 is 13.7. The van der Waals surface area contributed by atoms with E-state index in [2.05, 4.69) is 26.1 Å². The van der Waals surface area contributed by atoms with Crippen molar-refractivity contribution in [3.05, 3.63) is 28.2 Å². The number of hydrogen-bond donors (Lipinski definition) is 1. The topological polar surface area (TPSA) is 12.0 Å². The van der Waals surface area contributed by atoms with Crippen LogP contribution in [-0.4, -0.2) is 17.8 Å². The zero-order valence-corrected chi connectivity index (χ0v) is 12.8. The van der Waals surface area contributed by atoms with Crippen LogP contribution in [0.25, 0.3) is 0 Å². The molecule has 1 aromatic rings. The second-order valence-corrected chi connectivity index (χ2v) is 6.55. The van der Waals surface area contributed by atoms with Crippen molar-refractivity contribution in [3.63, 3.8) is 0 Å². The summed E-state index contributed by atoms with van der Waals surface area (Å²) in [4.78, 5) is 1.16. The van der Waals surface area contributed by atoms with Crippen molar-refractivity contribution in [1.29, 1.82) is 0 Å². The molecule has 1 aromatic carbocycles. The second kappa shape index (κ2) is 7.52. The molecule has 0 saturated heterocycles. The Morgan fingerprint density at radius 3 is 2.53 bits per heavy atom. The van der Waals surface area contributed by atoms with Gasteiger partial charge in [0.05, 0.1) is 10.0 Å². The molecule has 0 amide bonds. The Morgan fingerprint density at radius 2 is 1.94 bits per heavy atom. The van der Waals surface area contributed by atoms with Crippen LogP contribution < -0.4 is 5.32 Å². The molecule has 2 atom stereocenters. The number of thioether (sulfide) groups is 1. The number of nitrogens with one attached hydrogen (secondary N) is 1. The molecule has 0 aliphatic rings. The Morgan fingerprint density at radius 1 is 1.24 bits per heavy atom. The smallest absolute Gasteiger partial charge is 0.0603 e. The van der Waals surface area contributed by atoms with Gasteiger partial charge in [-0.15, -0.1) is 11.8 Å². The molecule has 0 spiro atoms. The second-order valence-electron chi connectivity index (χ2n) is 4.22. The van der Waals surface area contributed by atoms with Crippen molar-refractivity contribution in [3.8, 4) is 0 Å². The number of halogens is 2. The van der Waals surface area contributed by atoms with Crippen LogP contribution in [0.5, 0.6) is 0 Å². The quantitative estimate of drug-likeness (QED) is 0.751. The van der Waals surface area contributed by atoms with E-state index in [1.807, 2.05) is 30.0 Å². The molecule has 0 radical (unpaired) electrons. The van der Waals surface area contributed by atoms with Crippen molar-refractivity contribution in [1.82, 2.24) is 5.32 Å². The first-order valence-corrected chi connectivity index (χ1v) is 7.51. The summed E-state index contributed by atoms with van der Waals surface area (Å²) in [6, 6.07) is 6.36. The normalized spacial score (nSPS) is 14.6. The minimum atomic E-state index is 0.515. The van der Waals surface area contributed by atoms with E-state index < -0.39 is 0 Å². The van der Waals surface area contributed by atoms with E-state index in [1.54, 1.807) is 0 Å². The van der Waals surface area contributed by atoms with Gasteiger partial charge in [0, 0.05) is 22.7 Å². The van der Waals surface area contributed by atoms with Crippen molar-refractivity contribution < 1.29 is 0 Å². The Bertz CT molecular complexity index is 357. The summed E-state index contributed by atoms with van der Waals surface area (Å²) in [6.45, 7) is 7.60. The molecule has 0 bridgehead atoms. The van der Waals surface area contributed by atoms with Gasteiger partial charge in [-0.25, -0.2) is 0 Å². The lowest BCUT2D eigenvalue weighted by Gasteiger charge is -2.16. The van der Waals surface area contributed by atoms with Crippen molar-refractivity contribution in [2.24, 2.45) is 0 Å². The highest BCUT2D eigenvalue weighted by atomic mass is 35.5. The van der Waals surface area contributed by atoms with Crippen LogP contribution in [-0.2, 0) is 0 Å². The minimum Gasteiger partial charge on any atom is -0.313 e. The number of hydrogen-bond acceptors (Lipinski definition) is 2. The van der Waals surface area contributed by atoms with Crippen molar-refractivity contribution in [2.45, 2.75) is 43.4 Å². The van der Waals surface area contributed by atoms with Crippen molar-refractivity contribution >= 4 is 35.0 Å². The van der Waals surface area contributed by atoms with Crippen LogP contribution >= 0.6 is 35.0 Å². The third-order valence-electron chi connectivity index (χ3n) is 2.59. The standard InChI is InChI=1S/C13H19Cl2NS/c1-4-9(2)16-8-10(3)17-11-5-6-12(14)13(15)7-11/h5-7,9-10,16H,4,8H2,1-3H3. The van der Waals surface area contributed by atoms with Gasteiger partial charge < -0.3 is 5.32 Å². The Labute approximate surface area is 118 Å². The summed E-state index contributed by atoms with van der Waals surface area (Å²) in [5.41, 5.74) is 0. The van der Waals surface area contributed by atoms with Crippen LogP contribution in [0.15, 0.2) is 23.1 Å². The average Bonchev–Trinajstić information content (AvgIpc) is 2.31. The highest BCUT2D eigenvalue weighted by Crippen LogP contribution is 2.29. The van der Waals surface area contributed by atoms with Crippen LogP contribution in [0.2, 0.25) is 10.0 Å². The maximum Gasteiger partial charge on any atom is 0.0603 e.